The lowest BCUT2D eigenvalue weighted by atomic mass is 10.0. The molecule has 0 saturated carbocycles. The van der Waals surface area contributed by atoms with E-state index in [-0.39, 0.29) is 0 Å². The normalized spacial score (nSPS) is 11.1. The molecule has 4 aromatic rings. The molecule has 1 aromatic heterocycles. The lowest BCUT2D eigenvalue weighted by Crippen LogP contribution is -2.12. The van der Waals surface area contributed by atoms with Gasteiger partial charge in [-0.1, -0.05) is 66.2 Å². The first-order valence-electron chi connectivity index (χ1n) is 9.17. The van der Waals surface area contributed by atoms with E-state index in [1.807, 2.05) is 60.7 Å². The second-order valence-electron chi connectivity index (χ2n) is 6.50. The highest BCUT2D eigenvalue weighted by Gasteiger charge is 2.15. The van der Waals surface area contributed by atoms with Crippen LogP contribution in [-0.4, -0.2) is 15.7 Å². The van der Waals surface area contributed by atoms with E-state index in [9.17, 15) is 0 Å². The standard InChI is InChI=1S/C24H16ClN5/c25-20-12-10-18(11-13-20)22-14-21(17-4-2-1-3-5-17)28-24(29-22)23(30-27)19-8-6-16(15-26)7-9-19/h1-14H,27H2. The largest absolute Gasteiger partial charge is 0.323 e. The Kier molecular flexibility index (Phi) is 5.51. The maximum atomic E-state index is 9.05. The fourth-order valence-corrected chi connectivity index (χ4v) is 3.17. The van der Waals surface area contributed by atoms with Gasteiger partial charge in [-0.05, 0) is 30.3 Å². The summed E-state index contributed by atoms with van der Waals surface area (Å²) < 4.78 is 0. The van der Waals surface area contributed by atoms with Crippen LogP contribution in [0.2, 0.25) is 5.02 Å². The third-order valence-corrected chi connectivity index (χ3v) is 4.82. The number of nitriles is 1. The maximum Gasteiger partial charge on any atom is 0.181 e. The van der Waals surface area contributed by atoms with Crippen molar-refractivity contribution in [3.63, 3.8) is 0 Å². The van der Waals surface area contributed by atoms with Gasteiger partial charge in [0.1, 0.15) is 5.71 Å². The number of nitrogens with two attached hydrogens (primary N) is 1. The Morgan fingerprint density at radius 1 is 0.833 bits per heavy atom. The van der Waals surface area contributed by atoms with Gasteiger partial charge in [-0.3, -0.25) is 0 Å². The van der Waals surface area contributed by atoms with Gasteiger partial charge in [0.05, 0.1) is 23.0 Å². The quantitative estimate of drug-likeness (QED) is 0.290. The van der Waals surface area contributed by atoms with E-state index in [0.717, 1.165) is 28.1 Å². The van der Waals surface area contributed by atoms with E-state index >= 15 is 0 Å². The van der Waals surface area contributed by atoms with E-state index in [2.05, 4.69) is 11.2 Å². The molecule has 0 bridgehead atoms. The first kappa shape index (κ1) is 19.3. The number of hydrogen-bond acceptors (Lipinski definition) is 5. The molecule has 0 aliphatic carbocycles. The average Bonchev–Trinajstić information content (AvgIpc) is 2.81. The molecule has 5 nitrogen and oxygen atoms in total. The second kappa shape index (κ2) is 8.56. The maximum absolute atomic E-state index is 9.05. The Hall–Kier alpha value is -4.01. The molecule has 0 saturated heterocycles. The molecule has 0 unspecified atom stereocenters. The molecule has 0 amide bonds. The molecule has 0 spiro atoms. The highest BCUT2D eigenvalue weighted by atomic mass is 35.5. The Morgan fingerprint density at radius 3 is 2.00 bits per heavy atom. The SMILES string of the molecule is N#Cc1ccc(C(=NN)c2nc(-c3ccccc3)cc(-c3ccc(Cl)cc3)n2)cc1. The van der Waals surface area contributed by atoms with Gasteiger partial charge in [0.2, 0.25) is 0 Å². The zero-order chi connectivity index (χ0) is 20.9. The summed E-state index contributed by atoms with van der Waals surface area (Å²) in [7, 11) is 0. The van der Waals surface area contributed by atoms with E-state index in [0.29, 0.717) is 22.1 Å². The summed E-state index contributed by atoms with van der Waals surface area (Å²) in [6.45, 7) is 0. The number of aromatic nitrogens is 2. The molecule has 3 aromatic carbocycles. The summed E-state index contributed by atoms with van der Waals surface area (Å²) in [5.41, 5.74) is 5.04. The summed E-state index contributed by atoms with van der Waals surface area (Å²) in [5.74, 6) is 6.13. The van der Waals surface area contributed by atoms with Gasteiger partial charge in [-0.2, -0.15) is 10.4 Å². The molecule has 6 heteroatoms. The Bertz CT molecular complexity index is 1240. The minimum absolute atomic E-state index is 0.397. The van der Waals surface area contributed by atoms with Crippen LogP contribution in [0.5, 0.6) is 0 Å². The molecule has 4 rings (SSSR count). The van der Waals surface area contributed by atoms with Crippen LogP contribution in [0.3, 0.4) is 0 Å². The van der Waals surface area contributed by atoms with Crippen LogP contribution in [0.15, 0.2) is 90.0 Å². The first-order chi connectivity index (χ1) is 14.7. The number of halogens is 1. The average molecular weight is 410 g/mol. The zero-order valence-electron chi connectivity index (χ0n) is 15.8. The highest BCUT2D eigenvalue weighted by Crippen LogP contribution is 2.26. The molecule has 0 radical (unpaired) electrons. The molecular weight excluding hydrogens is 394 g/mol. The summed E-state index contributed by atoms with van der Waals surface area (Å²) in [6, 6.07) is 28.3. The Balaban J connectivity index is 1.88. The van der Waals surface area contributed by atoms with Crippen molar-refractivity contribution >= 4 is 17.3 Å². The van der Waals surface area contributed by atoms with Crippen molar-refractivity contribution in [3.05, 3.63) is 107 Å². The van der Waals surface area contributed by atoms with Gasteiger partial charge in [-0.25, -0.2) is 9.97 Å². The number of hydrazone groups is 1. The van der Waals surface area contributed by atoms with Crippen LogP contribution in [-0.2, 0) is 0 Å². The molecule has 0 fully saturated rings. The smallest absolute Gasteiger partial charge is 0.181 e. The first-order valence-corrected chi connectivity index (χ1v) is 9.55. The van der Waals surface area contributed by atoms with Crippen LogP contribution in [0, 0.1) is 11.3 Å². The number of nitrogens with zero attached hydrogens (tertiary/aromatic N) is 4. The van der Waals surface area contributed by atoms with Crippen molar-refractivity contribution in [2.24, 2.45) is 10.9 Å². The van der Waals surface area contributed by atoms with Crippen molar-refractivity contribution in [2.45, 2.75) is 0 Å². The molecule has 1 heterocycles. The molecule has 30 heavy (non-hydrogen) atoms. The molecule has 0 atom stereocenters. The lowest BCUT2D eigenvalue weighted by Gasteiger charge is -2.11. The summed E-state index contributed by atoms with van der Waals surface area (Å²) in [6.07, 6.45) is 0. The van der Waals surface area contributed by atoms with E-state index in [4.69, 9.17) is 32.7 Å². The van der Waals surface area contributed by atoms with Gasteiger partial charge < -0.3 is 5.84 Å². The molecular formula is C24H16ClN5. The van der Waals surface area contributed by atoms with Gasteiger partial charge in [0.15, 0.2) is 5.82 Å². The van der Waals surface area contributed by atoms with E-state index in [1.165, 1.54) is 0 Å². The van der Waals surface area contributed by atoms with E-state index < -0.39 is 0 Å². The summed E-state index contributed by atoms with van der Waals surface area (Å²) in [5, 5.41) is 13.7. The number of rotatable bonds is 4. The fourth-order valence-electron chi connectivity index (χ4n) is 3.04. The minimum Gasteiger partial charge on any atom is -0.323 e. The number of benzene rings is 3. The Morgan fingerprint density at radius 2 is 1.43 bits per heavy atom. The zero-order valence-corrected chi connectivity index (χ0v) is 16.6. The van der Waals surface area contributed by atoms with Gasteiger partial charge in [-0.15, -0.1) is 0 Å². The Labute approximate surface area is 179 Å². The van der Waals surface area contributed by atoms with Gasteiger partial charge in [0.25, 0.3) is 0 Å². The molecule has 0 aliphatic rings. The predicted octanol–water partition coefficient (Wildman–Crippen LogP) is 5.05. The van der Waals surface area contributed by atoms with Gasteiger partial charge >= 0.3 is 0 Å². The predicted molar refractivity (Wildman–Crippen MR) is 119 cm³/mol. The van der Waals surface area contributed by atoms with Gasteiger partial charge in [0, 0.05) is 21.7 Å². The highest BCUT2D eigenvalue weighted by molar-refractivity contribution is 6.30. The van der Waals surface area contributed by atoms with Crippen molar-refractivity contribution < 1.29 is 0 Å². The summed E-state index contributed by atoms with van der Waals surface area (Å²) in [4.78, 5) is 9.44. The van der Waals surface area contributed by atoms with Crippen LogP contribution in [0.25, 0.3) is 22.5 Å². The third-order valence-electron chi connectivity index (χ3n) is 4.56. The van der Waals surface area contributed by atoms with Crippen LogP contribution in [0.1, 0.15) is 17.0 Å². The van der Waals surface area contributed by atoms with Crippen LogP contribution < -0.4 is 5.84 Å². The van der Waals surface area contributed by atoms with Crippen molar-refractivity contribution in [1.82, 2.24) is 9.97 Å². The van der Waals surface area contributed by atoms with Crippen molar-refractivity contribution in [1.29, 1.82) is 5.26 Å². The van der Waals surface area contributed by atoms with Crippen LogP contribution >= 0.6 is 11.6 Å². The fraction of sp³-hybridized carbons (Fsp3) is 0. The topological polar surface area (TPSA) is 88.0 Å². The second-order valence-corrected chi connectivity index (χ2v) is 6.94. The molecule has 144 valence electrons. The van der Waals surface area contributed by atoms with Crippen molar-refractivity contribution in [2.75, 3.05) is 0 Å². The molecule has 0 aliphatic heterocycles. The van der Waals surface area contributed by atoms with Crippen LogP contribution in [0.4, 0.5) is 0 Å². The summed E-state index contributed by atoms with van der Waals surface area (Å²) >= 11 is 6.04. The molecule has 2 N–H and O–H groups in total. The monoisotopic (exact) mass is 409 g/mol. The lowest BCUT2D eigenvalue weighted by molar-refractivity contribution is 1.12. The van der Waals surface area contributed by atoms with Crippen molar-refractivity contribution in [3.8, 4) is 28.6 Å². The number of hydrogen-bond donors (Lipinski definition) is 1. The van der Waals surface area contributed by atoms with E-state index in [1.54, 1.807) is 24.3 Å². The third kappa shape index (κ3) is 4.04. The minimum atomic E-state index is 0.397.